The van der Waals surface area contributed by atoms with Crippen LogP contribution in [0.2, 0.25) is 0 Å². The summed E-state index contributed by atoms with van der Waals surface area (Å²) in [4.78, 5) is 21.8. The predicted molar refractivity (Wildman–Crippen MR) is 155 cm³/mol. The third-order valence-electron chi connectivity index (χ3n) is 6.74. The number of hydrogen-bond donors (Lipinski definition) is 3. The molecule has 1 aliphatic carbocycles. The van der Waals surface area contributed by atoms with Crippen molar-refractivity contribution in [1.82, 2.24) is 15.3 Å². The van der Waals surface area contributed by atoms with Crippen LogP contribution in [0.3, 0.4) is 0 Å². The van der Waals surface area contributed by atoms with E-state index in [1.54, 1.807) is 26.0 Å². The normalized spacial score (nSPS) is 18.4. The Hall–Kier alpha value is -3.60. The topological polar surface area (TPSA) is 135 Å². The molecule has 216 valence electrons. The van der Waals surface area contributed by atoms with E-state index in [9.17, 15) is 13.2 Å². The van der Waals surface area contributed by atoms with Crippen LogP contribution in [-0.4, -0.2) is 42.3 Å². The third kappa shape index (κ3) is 7.97. The van der Waals surface area contributed by atoms with E-state index in [1.165, 1.54) is 6.20 Å². The highest BCUT2D eigenvalue weighted by Gasteiger charge is 2.37. The Kier molecular flexibility index (Phi) is 8.44. The molecule has 1 fully saturated rings. The largest absolute Gasteiger partial charge is 0.437 e. The molecule has 1 aromatic carbocycles. The quantitative estimate of drug-likeness (QED) is 0.274. The lowest BCUT2D eigenvalue weighted by molar-refractivity contribution is 0.00297. The summed E-state index contributed by atoms with van der Waals surface area (Å²) in [5.74, 6) is 2.40. The second-order valence-corrected chi connectivity index (χ2v) is 13.7. The molecule has 1 amide bonds. The lowest BCUT2D eigenvalue weighted by atomic mass is 9.94. The number of carbonyl (C=O) groups excluding carboxylic acids is 1. The van der Waals surface area contributed by atoms with Gasteiger partial charge < -0.3 is 19.8 Å². The Bertz CT molecular complexity index is 1430. The Morgan fingerprint density at radius 3 is 2.42 bits per heavy atom. The SMILES string of the molecule is CCS(=O)(=O)Nc1cc(-c2ncc([C@@](C)(Cc3ccccc3)OC(=O)NC(C)(C)C)o2)cc(NC[C@H]2C[C@@H]2C)n1. The predicted octanol–water partition coefficient (Wildman–Crippen LogP) is 5.55. The molecule has 1 saturated carbocycles. The molecule has 0 radical (unpaired) electrons. The van der Waals surface area contributed by atoms with Crippen LogP contribution in [0.5, 0.6) is 0 Å². The van der Waals surface area contributed by atoms with Gasteiger partial charge in [0.15, 0.2) is 11.4 Å². The zero-order valence-electron chi connectivity index (χ0n) is 23.9. The van der Waals surface area contributed by atoms with Crippen molar-refractivity contribution in [2.45, 2.75) is 65.5 Å². The van der Waals surface area contributed by atoms with Gasteiger partial charge in [0.1, 0.15) is 11.6 Å². The summed E-state index contributed by atoms with van der Waals surface area (Å²) in [7, 11) is -3.55. The number of pyridine rings is 1. The highest BCUT2D eigenvalue weighted by atomic mass is 32.2. The van der Waals surface area contributed by atoms with Crippen molar-refractivity contribution in [3.63, 3.8) is 0 Å². The average molecular weight is 570 g/mol. The number of ether oxygens (including phenoxy) is 1. The lowest BCUT2D eigenvalue weighted by Crippen LogP contribution is -2.44. The molecule has 2 heterocycles. The number of hydrogen-bond acceptors (Lipinski definition) is 8. The molecule has 0 bridgehead atoms. The first-order chi connectivity index (χ1) is 18.7. The van der Waals surface area contributed by atoms with Gasteiger partial charge in [-0.05, 0) is 70.6 Å². The zero-order valence-corrected chi connectivity index (χ0v) is 24.8. The summed E-state index contributed by atoms with van der Waals surface area (Å²) in [5.41, 5.74) is -0.182. The number of nitrogens with zero attached hydrogens (tertiary/aromatic N) is 2. The first kappa shape index (κ1) is 29.4. The summed E-state index contributed by atoms with van der Waals surface area (Å²) in [6.45, 7) is 11.9. The van der Waals surface area contributed by atoms with Crippen molar-refractivity contribution >= 4 is 27.8 Å². The van der Waals surface area contributed by atoms with E-state index in [2.05, 4.69) is 32.2 Å². The summed E-state index contributed by atoms with van der Waals surface area (Å²) in [6, 6.07) is 13.0. The number of sulfonamides is 1. The molecule has 0 unspecified atom stereocenters. The van der Waals surface area contributed by atoms with Crippen molar-refractivity contribution < 1.29 is 22.4 Å². The van der Waals surface area contributed by atoms with E-state index in [4.69, 9.17) is 9.15 Å². The maximum absolute atomic E-state index is 12.8. The van der Waals surface area contributed by atoms with E-state index in [0.29, 0.717) is 35.4 Å². The minimum absolute atomic E-state index is 0.0871. The molecule has 4 rings (SSSR count). The number of oxazole rings is 1. The van der Waals surface area contributed by atoms with Crippen LogP contribution in [0.1, 0.15) is 59.3 Å². The Morgan fingerprint density at radius 2 is 1.80 bits per heavy atom. The number of carbonyl (C=O) groups is 1. The van der Waals surface area contributed by atoms with E-state index >= 15 is 0 Å². The van der Waals surface area contributed by atoms with Crippen molar-refractivity contribution in [2.24, 2.45) is 11.8 Å². The van der Waals surface area contributed by atoms with Crippen LogP contribution in [-0.2, 0) is 26.8 Å². The Morgan fingerprint density at radius 1 is 1.12 bits per heavy atom. The van der Waals surface area contributed by atoms with Gasteiger partial charge in [0, 0.05) is 24.1 Å². The molecular formula is C29H39N5O5S. The fourth-order valence-electron chi connectivity index (χ4n) is 4.29. The molecule has 0 spiro atoms. The van der Waals surface area contributed by atoms with E-state index in [-0.39, 0.29) is 17.5 Å². The van der Waals surface area contributed by atoms with E-state index < -0.39 is 27.3 Å². The maximum Gasteiger partial charge on any atom is 0.408 e. The first-order valence-electron chi connectivity index (χ1n) is 13.5. The minimum atomic E-state index is -3.55. The Balaban J connectivity index is 1.67. The van der Waals surface area contributed by atoms with Gasteiger partial charge in [-0.3, -0.25) is 4.72 Å². The van der Waals surface area contributed by atoms with Gasteiger partial charge >= 0.3 is 6.09 Å². The van der Waals surface area contributed by atoms with Crippen molar-refractivity contribution in [3.05, 3.63) is 60.0 Å². The van der Waals surface area contributed by atoms with Gasteiger partial charge in [0.25, 0.3) is 0 Å². The molecule has 3 N–H and O–H groups in total. The third-order valence-corrected chi connectivity index (χ3v) is 8.02. The molecule has 3 aromatic rings. The van der Waals surface area contributed by atoms with Crippen LogP contribution >= 0.6 is 0 Å². The molecule has 2 aromatic heterocycles. The van der Waals surface area contributed by atoms with Crippen LogP contribution in [0.15, 0.2) is 53.1 Å². The monoisotopic (exact) mass is 569 g/mol. The lowest BCUT2D eigenvalue weighted by Gasteiger charge is -2.30. The molecular weight excluding hydrogens is 530 g/mol. The maximum atomic E-state index is 12.8. The zero-order chi connectivity index (χ0) is 29.1. The van der Waals surface area contributed by atoms with Gasteiger partial charge in [0.05, 0.1) is 11.9 Å². The van der Waals surface area contributed by atoms with Gasteiger partial charge in [-0.2, -0.15) is 0 Å². The molecule has 40 heavy (non-hydrogen) atoms. The van der Waals surface area contributed by atoms with E-state index in [0.717, 1.165) is 18.5 Å². The summed E-state index contributed by atoms with van der Waals surface area (Å²) < 4.78 is 39.3. The van der Waals surface area contributed by atoms with Crippen LogP contribution in [0.4, 0.5) is 16.4 Å². The number of anilines is 2. The summed E-state index contributed by atoms with van der Waals surface area (Å²) >= 11 is 0. The average Bonchev–Trinajstić information content (AvgIpc) is 3.33. The second-order valence-electron chi connectivity index (χ2n) is 11.7. The molecule has 0 saturated heterocycles. The van der Waals surface area contributed by atoms with Gasteiger partial charge in [-0.15, -0.1) is 0 Å². The minimum Gasteiger partial charge on any atom is -0.437 e. The smallest absolute Gasteiger partial charge is 0.408 e. The highest BCUT2D eigenvalue weighted by Crippen LogP contribution is 2.38. The van der Waals surface area contributed by atoms with E-state index in [1.807, 2.05) is 51.1 Å². The van der Waals surface area contributed by atoms with Crippen molar-refractivity contribution in [2.75, 3.05) is 22.3 Å². The number of alkyl carbamates (subject to hydrolysis) is 1. The van der Waals surface area contributed by atoms with Gasteiger partial charge in [-0.25, -0.2) is 23.2 Å². The number of aromatic nitrogens is 2. The number of amides is 1. The van der Waals surface area contributed by atoms with Crippen molar-refractivity contribution in [3.8, 4) is 11.5 Å². The van der Waals surface area contributed by atoms with Gasteiger partial charge in [0.2, 0.25) is 15.9 Å². The molecule has 1 aliphatic rings. The van der Waals surface area contributed by atoms with Gasteiger partial charge in [-0.1, -0.05) is 37.3 Å². The number of benzene rings is 1. The molecule has 11 heteroatoms. The first-order valence-corrected chi connectivity index (χ1v) is 15.2. The van der Waals surface area contributed by atoms with Crippen molar-refractivity contribution in [1.29, 1.82) is 0 Å². The van der Waals surface area contributed by atoms with Crippen LogP contribution < -0.4 is 15.4 Å². The molecule has 10 nitrogen and oxygen atoms in total. The second kappa shape index (κ2) is 11.5. The van der Waals surface area contributed by atoms with Crippen LogP contribution in [0.25, 0.3) is 11.5 Å². The highest BCUT2D eigenvalue weighted by molar-refractivity contribution is 7.92. The molecule has 3 atom stereocenters. The number of nitrogens with one attached hydrogen (secondary N) is 3. The molecule has 0 aliphatic heterocycles. The summed E-state index contributed by atoms with van der Waals surface area (Å²) in [5, 5.41) is 6.15. The summed E-state index contributed by atoms with van der Waals surface area (Å²) in [6.07, 6.45) is 2.46. The van der Waals surface area contributed by atoms with Crippen LogP contribution in [0, 0.1) is 11.8 Å². The Labute approximate surface area is 236 Å². The standard InChI is InChI=1S/C29H39N5O5S/c1-7-40(36,37)34-25-15-21(14-24(32-25)30-17-22-13-19(22)2)26-31-18-23(38-26)29(6,16-20-11-9-8-10-12-20)39-27(35)33-28(3,4)5/h8-12,14-15,18-19,22H,7,13,16-17H2,1-6H3,(H,33,35)(H2,30,32,34)/t19-,22+,29+/m0/s1. The number of rotatable bonds is 11. The fraction of sp³-hybridized carbons (Fsp3) is 0.483. The fourth-order valence-corrected chi connectivity index (χ4v) is 4.86.